The average Bonchev–Trinajstić information content (AvgIpc) is 2.37. The van der Waals surface area contributed by atoms with E-state index in [2.05, 4.69) is 34.0 Å². The maximum Gasteiger partial charge on any atom is 0.234 e. The van der Waals surface area contributed by atoms with Crippen molar-refractivity contribution >= 4 is 5.82 Å². The minimum absolute atomic E-state index is 0.491. The Bertz CT molecular complexity index is 358. The Balaban J connectivity index is 2.04. The number of nitrogens with zero attached hydrogens (tertiary/aromatic N) is 3. The fraction of sp³-hybridized carbons (Fsp3) is 0.667. The zero-order chi connectivity index (χ0) is 12.1. The van der Waals surface area contributed by atoms with Crippen LogP contribution in [-0.4, -0.2) is 42.3 Å². The summed E-state index contributed by atoms with van der Waals surface area (Å²) in [5, 5.41) is 3.41. The predicted octanol–water partition coefficient (Wildman–Crippen LogP) is 1.06. The molecule has 2 rings (SSSR count). The SMILES string of the molecule is CCCOc1cncc(N2CCNC(C)C2)n1. The summed E-state index contributed by atoms with van der Waals surface area (Å²) < 4.78 is 5.50. The molecule has 1 atom stereocenters. The van der Waals surface area contributed by atoms with Crippen LogP contribution in [0.25, 0.3) is 0 Å². The van der Waals surface area contributed by atoms with E-state index in [-0.39, 0.29) is 0 Å². The Morgan fingerprint density at radius 2 is 2.41 bits per heavy atom. The molecule has 94 valence electrons. The topological polar surface area (TPSA) is 50.3 Å². The fourth-order valence-corrected chi connectivity index (χ4v) is 1.91. The van der Waals surface area contributed by atoms with Crippen molar-refractivity contribution in [1.82, 2.24) is 15.3 Å². The van der Waals surface area contributed by atoms with Crippen molar-refractivity contribution in [2.24, 2.45) is 0 Å². The number of piperazine rings is 1. The van der Waals surface area contributed by atoms with Crippen LogP contribution >= 0.6 is 0 Å². The lowest BCUT2D eigenvalue weighted by atomic mass is 10.2. The van der Waals surface area contributed by atoms with Crippen molar-refractivity contribution in [2.75, 3.05) is 31.1 Å². The van der Waals surface area contributed by atoms with Gasteiger partial charge in [0.2, 0.25) is 5.88 Å². The number of hydrogen-bond acceptors (Lipinski definition) is 5. The van der Waals surface area contributed by atoms with Gasteiger partial charge >= 0.3 is 0 Å². The molecule has 5 heteroatoms. The van der Waals surface area contributed by atoms with Gasteiger partial charge in [-0.15, -0.1) is 0 Å². The van der Waals surface area contributed by atoms with E-state index in [4.69, 9.17) is 4.74 Å². The molecule has 1 aliphatic rings. The lowest BCUT2D eigenvalue weighted by Crippen LogP contribution is -2.49. The van der Waals surface area contributed by atoms with Gasteiger partial charge in [0.25, 0.3) is 0 Å². The van der Waals surface area contributed by atoms with Gasteiger partial charge in [0.1, 0.15) is 0 Å². The van der Waals surface area contributed by atoms with Crippen LogP contribution in [0.3, 0.4) is 0 Å². The van der Waals surface area contributed by atoms with Crippen LogP contribution in [0.4, 0.5) is 5.82 Å². The Labute approximate surface area is 102 Å². The van der Waals surface area contributed by atoms with Crippen LogP contribution in [0, 0.1) is 0 Å². The summed E-state index contributed by atoms with van der Waals surface area (Å²) in [5.74, 6) is 1.53. The van der Waals surface area contributed by atoms with Crippen molar-refractivity contribution in [3.05, 3.63) is 12.4 Å². The van der Waals surface area contributed by atoms with E-state index in [0.29, 0.717) is 18.5 Å². The number of hydrogen-bond donors (Lipinski definition) is 1. The molecule has 0 aromatic carbocycles. The highest BCUT2D eigenvalue weighted by molar-refractivity contribution is 5.38. The van der Waals surface area contributed by atoms with Crippen LogP contribution in [0.1, 0.15) is 20.3 Å². The van der Waals surface area contributed by atoms with E-state index in [1.54, 1.807) is 12.4 Å². The van der Waals surface area contributed by atoms with E-state index < -0.39 is 0 Å². The van der Waals surface area contributed by atoms with Gasteiger partial charge in [-0.3, -0.25) is 4.98 Å². The first-order chi connectivity index (χ1) is 8.29. The highest BCUT2D eigenvalue weighted by atomic mass is 16.5. The molecular weight excluding hydrogens is 216 g/mol. The van der Waals surface area contributed by atoms with Gasteiger partial charge < -0.3 is 15.0 Å². The van der Waals surface area contributed by atoms with Crippen LogP contribution in [0.5, 0.6) is 5.88 Å². The van der Waals surface area contributed by atoms with Gasteiger partial charge in [0.05, 0.1) is 19.0 Å². The van der Waals surface area contributed by atoms with Crippen LogP contribution in [0.2, 0.25) is 0 Å². The van der Waals surface area contributed by atoms with E-state index in [0.717, 1.165) is 31.9 Å². The third-order valence-electron chi connectivity index (χ3n) is 2.75. The van der Waals surface area contributed by atoms with Crippen molar-refractivity contribution in [1.29, 1.82) is 0 Å². The van der Waals surface area contributed by atoms with Gasteiger partial charge in [-0.25, -0.2) is 0 Å². The van der Waals surface area contributed by atoms with Crippen LogP contribution < -0.4 is 15.0 Å². The van der Waals surface area contributed by atoms with Crippen molar-refractivity contribution in [3.8, 4) is 5.88 Å². The van der Waals surface area contributed by atoms with E-state index in [9.17, 15) is 0 Å². The number of rotatable bonds is 4. The number of anilines is 1. The summed E-state index contributed by atoms with van der Waals surface area (Å²) in [6.07, 6.45) is 4.46. The maximum absolute atomic E-state index is 5.50. The minimum atomic E-state index is 0.491. The second-order valence-electron chi connectivity index (χ2n) is 4.37. The van der Waals surface area contributed by atoms with Gasteiger partial charge in [0.15, 0.2) is 5.82 Å². The van der Waals surface area contributed by atoms with Gasteiger partial charge in [0, 0.05) is 25.7 Å². The first kappa shape index (κ1) is 12.1. The predicted molar refractivity (Wildman–Crippen MR) is 67.5 cm³/mol. The lowest BCUT2D eigenvalue weighted by molar-refractivity contribution is 0.303. The Morgan fingerprint density at radius 3 is 3.18 bits per heavy atom. The first-order valence-electron chi connectivity index (χ1n) is 6.22. The molecule has 0 radical (unpaired) electrons. The Kier molecular flexibility index (Phi) is 4.14. The summed E-state index contributed by atoms with van der Waals surface area (Å²) in [5.41, 5.74) is 0. The highest BCUT2D eigenvalue weighted by Gasteiger charge is 2.17. The van der Waals surface area contributed by atoms with Gasteiger partial charge in [-0.2, -0.15) is 4.98 Å². The van der Waals surface area contributed by atoms with E-state index in [1.165, 1.54) is 0 Å². The zero-order valence-corrected chi connectivity index (χ0v) is 10.5. The Morgan fingerprint density at radius 1 is 1.53 bits per heavy atom. The second-order valence-corrected chi connectivity index (χ2v) is 4.37. The van der Waals surface area contributed by atoms with Gasteiger partial charge in [-0.1, -0.05) is 6.92 Å². The molecule has 0 amide bonds. The summed E-state index contributed by atoms with van der Waals surface area (Å²) in [7, 11) is 0. The molecule has 1 saturated heterocycles. The van der Waals surface area contributed by atoms with E-state index >= 15 is 0 Å². The number of aromatic nitrogens is 2. The molecule has 1 unspecified atom stereocenters. The molecule has 2 heterocycles. The smallest absolute Gasteiger partial charge is 0.234 e. The normalized spacial score (nSPS) is 20.4. The largest absolute Gasteiger partial charge is 0.477 e. The van der Waals surface area contributed by atoms with Crippen molar-refractivity contribution in [2.45, 2.75) is 26.3 Å². The summed E-state index contributed by atoms with van der Waals surface area (Å²) in [6, 6.07) is 0.491. The molecule has 5 nitrogen and oxygen atoms in total. The molecule has 1 aromatic rings. The first-order valence-corrected chi connectivity index (χ1v) is 6.22. The lowest BCUT2D eigenvalue weighted by Gasteiger charge is -2.32. The number of ether oxygens (including phenoxy) is 1. The molecule has 1 fully saturated rings. The minimum Gasteiger partial charge on any atom is -0.477 e. The second kappa shape index (κ2) is 5.82. The molecule has 0 spiro atoms. The zero-order valence-electron chi connectivity index (χ0n) is 10.5. The third-order valence-corrected chi connectivity index (χ3v) is 2.75. The standard InChI is InChI=1S/C12H20N4O/c1-3-6-17-12-8-13-7-11(15-12)16-5-4-14-10(2)9-16/h7-8,10,14H,3-6,9H2,1-2H3. The van der Waals surface area contributed by atoms with Crippen LogP contribution in [0.15, 0.2) is 12.4 Å². The fourth-order valence-electron chi connectivity index (χ4n) is 1.91. The maximum atomic E-state index is 5.50. The van der Waals surface area contributed by atoms with Crippen molar-refractivity contribution in [3.63, 3.8) is 0 Å². The monoisotopic (exact) mass is 236 g/mol. The number of nitrogens with one attached hydrogen (secondary N) is 1. The molecule has 0 saturated carbocycles. The van der Waals surface area contributed by atoms with E-state index in [1.807, 2.05) is 0 Å². The quantitative estimate of drug-likeness (QED) is 0.847. The molecule has 17 heavy (non-hydrogen) atoms. The third kappa shape index (κ3) is 3.30. The Hall–Kier alpha value is -1.36. The average molecular weight is 236 g/mol. The summed E-state index contributed by atoms with van der Waals surface area (Å²) in [6.45, 7) is 7.87. The molecule has 0 bridgehead atoms. The molecule has 1 aliphatic heterocycles. The molecule has 1 aromatic heterocycles. The summed E-state index contributed by atoms with van der Waals surface area (Å²) >= 11 is 0. The highest BCUT2D eigenvalue weighted by Crippen LogP contribution is 2.15. The van der Waals surface area contributed by atoms with Gasteiger partial charge in [-0.05, 0) is 13.3 Å². The molecule has 1 N–H and O–H groups in total. The van der Waals surface area contributed by atoms with Crippen molar-refractivity contribution < 1.29 is 4.74 Å². The molecular formula is C12H20N4O. The summed E-state index contributed by atoms with van der Waals surface area (Å²) in [4.78, 5) is 10.9. The molecule has 0 aliphatic carbocycles. The van der Waals surface area contributed by atoms with Crippen LogP contribution in [-0.2, 0) is 0 Å².